The van der Waals surface area contributed by atoms with E-state index in [0.29, 0.717) is 18.2 Å². The van der Waals surface area contributed by atoms with Crippen LogP contribution in [-0.2, 0) is 24.8 Å². The van der Waals surface area contributed by atoms with Crippen LogP contribution in [0.15, 0.2) is 65.1 Å². The van der Waals surface area contributed by atoms with Gasteiger partial charge in [0.1, 0.15) is 0 Å². The van der Waals surface area contributed by atoms with E-state index in [0.717, 1.165) is 24.8 Å². The predicted molar refractivity (Wildman–Crippen MR) is 94.5 cm³/mol. The van der Waals surface area contributed by atoms with Crippen LogP contribution in [0.25, 0.3) is 0 Å². The maximum atomic E-state index is 6.41. The summed E-state index contributed by atoms with van der Waals surface area (Å²) in [4.78, 5) is 0. The van der Waals surface area contributed by atoms with E-state index in [1.807, 2.05) is 31.2 Å². The Kier molecular flexibility index (Phi) is 5.06. The first kappa shape index (κ1) is 16.4. The van der Waals surface area contributed by atoms with Crippen LogP contribution in [-0.4, -0.2) is 10.2 Å². The Morgan fingerprint density at radius 2 is 1.50 bits per heavy atom. The average molecular weight is 321 g/mol. The van der Waals surface area contributed by atoms with Crippen molar-refractivity contribution < 1.29 is 4.42 Å². The summed E-state index contributed by atoms with van der Waals surface area (Å²) in [5, 5.41) is 8.33. The van der Waals surface area contributed by atoms with Crippen molar-refractivity contribution >= 4 is 0 Å². The zero-order valence-corrected chi connectivity index (χ0v) is 14.0. The fraction of sp³-hybridized carbons (Fsp3) is 0.300. The third-order valence-corrected chi connectivity index (χ3v) is 4.07. The lowest BCUT2D eigenvalue weighted by Crippen LogP contribution is -2.35. The van der Waals surface area contributed by atoms with E-state index in [-0.39, 0.29) is 0 Å². The van der Waals surface area contributed by atoms with Gasteiger partial charge in [0.25, 0.3) is 0 Å². The number of benzene rings is 2. The van der Waals surface area contributed by atoms with E-state index in [4.69, 9.17) is 10.2 Å². The Labute approximate surface area is 142 Å². The molecule has 0 aliphatic carbocycles. The first-order valence-electron chi connectivity index (χ1n) is 8.33. The van der Waals surface area contributed by atoms with Crippen molar-refractivity contribution in [1.82, 2.24) is 10.2 Å². The lowest BCUT2D eigenvalue weighted by Gasteiger charge is -2.20. The number of aryl methyl sites for hydroxylation is 2. The van der Waals surface area contributed by atoms with Crippen molar-refractivity contribution in [1.29, 1.82) is 0 Å². The Hall–Kier alpha value is -2.46. The molecule has 1 aromatic heterocycles. The molecule has 0 aliphatic rings. The molecule has 2 N–H and O–H groups in total. The molecule has 1 heterocycles. The fourth-order valence-corrected chi connectivity index (χ4v) is 2.77. The number of nitrogens with two attached hydrogens (primary N) is 1. The summed E-state index contributed by atoms with van der Waals surface area (Å²) in [6, 6.07) is 20.5. The third kappa shape index (κ3) is 4.30. The number of hydrogen-bond acceptors (Lipinski definition) is 4. The van der Waals surface area contributed by atoms with Gasteiger partial charge < -0.3 is 10.2 Å². The maximum absolute atomic E-state index is 6.41. The van der Waals surface area contributed by atoms with Crippen LogP contribution >= 0.6 is 0 Å². The van der Waals surface area contributed by atoms with E-state index in [1.54, 1.807) is 0 Å². The van der Waals surface area contributed by atoms with Gasteiger partial charge in [-0.25, -0.2) is 0 Å². The SMILES string of the molecule is C[C@@](N)(Cc1ccccc1)c1nnc(CCCc2ccccc2)o1. The lowest BCUT2D eigenvalue weighted by molar-refractivity contribution is 0.335. The van der Waals surface area contributed by atoms with Crippen LogP contribution < -0.4 is 5.73 Å². The van der Waals surface area contributed by atoms with Crippen LogP contribution in [0.5, 0.6) is 0 Å². The van der Waals surface area contributed by atoms with Crippen LogP contribution in [0.3, 0.4) is 0 Å². The van der Waals surface area contributed by atoms with Gasteiger partial charge in [-0.05, 0) is 37.3 Å². The maximum Gasteiger partial charge on any atom is 0.236 e. The highest BCUT2D eigenvalue weighted by Crippen LogP contribution is 2.22. The van der Waals surface area contributed by atoms with E-state index >= 15 is 0 Å². The second-order valence-corrected chi connectivity index (χ2v) is 6.42. The molecular formula is C20H23N3O. The predicted octanol–water partition coefficient (Wildman–Crippen LogP) is 3.66. The highest BCUT2D eigenvalue weighted by Gasteiger charge is 2.28. The molecule has 0 amide bonds. The number of nitrogens with zero attached hydrogens (tertiary/aromatic N) is 2. The van der Waals surface area contributed by atoms with E-state index in [9.17, 15) is 0 Å². The molecule has 4 nitrogen and oxygen atoms in total. The minimum absolute atomic E-state index is 0.501. The molecule has 0 saturated carbocycles. The fourth-order valence-electron chi connectivity index (χ4n) is 2.77. The van der Waals surface area contributed by atoms with Gasteiger partial charge in [0, 0.05) is 6.42 Å². The van der Waals surface area contributed by atoms with Gasteiger partial charge in [-0.2, -0.15) is 0 Å². The Morgan fingerprint density at radius 3 is 2.17 bits per heavy atom. The molecule has 4 heteroatoms. The molecule has 1 atom stereocenters. The van der Waals surface area contributed by atoms with Gasteiger partial charge in [-0.3, -0.25) is 0 Å². The summed E-state index contributed by atoms with van der Waals surface area (Å²) < 4.78 is 5.81. The van der Waals surface area contributed by atoms with Crippen LogP contribution in [0.4, 0.5) is 0 Å². The highest BCUT2D eigenvalue weighted by molar-refractivity contribution is 5.19. The summed E-state index contributed by atoms with van der Waals surface area (Å²) in [5.41, 5.74) is 8.23. The summed E-state index contributed by atoms with van der Waals surface area (Å²) in [7, 11) is 0. The second-order valence-electron chi connectivity index (χ2n) is 6.42. The topological polar surface area (TPSA) is 64.9 Å². The van der Waals surface area contributed by atoms with Gasteiger partial charge >= 0.3 is 0 Å². The molecule has 0 fully saturated rings. The van der Waals surface area contributed by atoms with Crippen molar-refractivity contribution in [3.63, 3.8) is 0 Å². The summed E-state index contributed by atoms with van der Waals surface area (Å²) >= 11 is 0. The molecule has 0 bridgehead atoms. The average Bonchev–Trinajstić information content (AvgIpc) is 3.06. The van der Waals surface area contributed by atoms with E-state index in [1.165, 1.54) is 5.56 Å². The Bertz CT molecular complexity index is 751. The van der Waals surface area contributed by atoms with Gasteiger partial charge in [0.05, 0.1) is 5.54 Å². The molecule has 3 rings (SSSR count). The zero-order valence-electron chi connectivity index (χ0n) is 14.0. The summed E-state index contributed by atoms with van der Waals surface area (Å²) in [5.74, 6) is 1.16. The smallest absolute Gasteiger partial charge is 0.236 e. The number of hydrogen-bond donors (Lipinski definition) is 1. The standard InChI is InChI=1S/C20H23N3O/c1-20(21,15-17-11-6-3-7-12-17)19-23-22-18(24-19)14-8-13-16-9-4-2-5-10-16/h2-7,9-12H,8,13-15,21H2,1H3/t20-/m1/s1. The molecular weight excluding hydrogens is 298 g/mol. The van der Waals surface area contributed by atoms with E-state index in [2.05, 4.69) is 46.6 Å². The molecule has 3 aromatic rings. The van der Waals surface area contributed by atoms with Crippen molar-refractivity contribution in [2.45, 2.75) is 38.1 Å². The van der Waals surface area contributed by atoms with E-state index < -0.39 is 5.54 Å². The van der Waals surface area contributed by atoms with Crippen LogP contribution in [0.2, 0.25) is 0 Å². The highest BCUT2D eigenvalue weighted by atomic mass is 16.4. The molecule has 0 unspecified atom stereocenters. The van der Waals surface area contributed by atoms with Crippen molar-refractivity contribution in [3.05, 3.63) is 83.6 Å². The molecule has 0 spiro atoms. The normalized spacial score (nSPS) is 13.6. The summed E-state index contributed by atoms with van der Waals surface area (Å²) in [6.45, 7) is 1.93. The second kappa shape index (κ2) is 7.41. The third-order valence-electron chi connectivity index (χ3n) is 4.07. The molecule has 2 aromatic carbocycles. The molecule has 24 heavy (non-hydrogen) atoms. The lowest BCUT2D eigenvalue weighted by atomic mass is 9.94. The Balaban J connectivity index is 1.58. The molecule has 0 saturated heterocycles. The van der Waals surface area contributed by atoms with Crippen LogP contribution in [0, 0.1) is 0 Å². The molecule has 0 aliphatic heterocycles. The molecule has 0 radical (unpaired) electrons. The number of rotatable bonds is 7. The minimum Gasteiger partial charge on any atom is -0.423 e. The molecule has 124 valence electrons. The zero-order chi connectivity index (χ0) is 16.8. The first-order valence-corrected chi connectivity index (χ1v) is 8.33. The Morgan fingerprint density at radius 1 is 0.875 bits per heavy atom. The van der Waals surface area contributed by atoms with Crippen molar-refractivity contribution in [3.8, 4) is 0 Å². The van der Waals surface area contributed by atoms with Gasteiger partial charge in [0.15, 0.2) is 0 Å². The van der Waals surface area contributed by atoms with Crippen molar-refractivity contribution in [2.24, 2.45) is 5.73 Å². The minimum atomic E-state index is -0.661. The van der Waals surface area contributed by atoms with Gasteiger partial charge in [-0.15, -0.1) is 10.2 Å². The van der Waals surface area contributed by atoms with Crippen LogP contribution in [0.1, 0.15) is 36.3 Å². The first-order chi connectivity index (χ1) is 11.6. The number of aromatic nitrogens is 2. The van der Waals surface area contributed by atoms with Crippen molar-refractivity contribution in [2.75, 3.05) is 0 Å². The monoisotopic (exact) mass is 321 g/mol. The van der Waals surface area contributed by atoms with Gasteiger partial charge in [0.2, 0.25) is 11.8 Å². The largest absolute Gasteiger partial charge is 0.423 e. The summed E-state index contributed by atoms with van der Waals surface area (Å²) in [6.07, 6.45) is 3.41. The quantitative estimate of drug-likeness (QED) is 0.721. The van der Waals surface area contributed by atoms with Gasteiger partial charge in [-0.1, -0.05) is 60.7 Å².